The first-order valence-corrected chi connectivity index (χ1v) is 9.71. The van der Waals surface area contributed by atoms with Gasteiger partial charge in [0.15, 0.2) is 0 Å². The van der Waals surface area contributed by atoms with E-state index in [2.05, 4.69) is 4.98 Å². The van der Waals surface area contributed by atoms with E-state index in [1.165, 1.54) is 12.3 Å². The molecule has 3 aromatic heterocycles. The van der Waals surface area contributed by atoms with Crippen molar-refractivity contribution in [2.45, 2.75) is 26.6 Å². The van der Waals surface area contributed by atoms with Crippen LogP contribution in [-0.4, -0.2) is 9.55 Å². The van der Waals surface area contributed by atoms with Crippen molar-refractivity contribution < 1.29 is 17.6 Å². The van der Waals surface area contributed by atoms with Crippen LogP contribution in [0.15, 0.2) is 63.9 Å². The molecule has 0 amide bonds. The molecule has 0 saturated heterocycles. The first kappa shape index (κ1) is 19.4. The highest BCUT2D eigenvalue weighted by Gasteiger charge is 2.31. The smallest absolute Gasteiger partial charge is 0.402 e. The first-order chi connectivity index (χ1) is 14.7. The molecule has 0 N–H and O–H groups in total. The number of aryl methyl sites for hydroxylation is 2. The summed E-state index contributed by atoms with van der Waals surface area (Å²) in [7, 11) is 0. The van der Waals surface area contributed by atoms with Gasteiger partial charge in [-0.3, -0.25) is 0 Å². The number of halogens is 3. The van der Waals surface area contributed by atoms with Gasteiger partial charge in [0.1, 0.15) is 5.52 Å². The van der Waals surface area contributed by atoms with Crippen molar-refractivity contribution in [3.05, 3.63) is 87.4 Å². The van der Waals surface area contributed by atoms with Gasteiger partial charge in [0.25, 0.3) is 0 Å². The van der Waals surface area contributed by atoms with E-state index in [0.29, 0.717) is 28.2 Å². The Bertz CT molecular complexity index is 1540. The molecule has 31 heavy (non-hydrogen) atoms. The lowest BCUT2D eigenvalue weighted by molar-refractivity contribution is -0.137. The molecule has 0 atom stereocenters. The number of hydrogen-bond donors (Lipinski definition) is 0. The Morgan fingerprint density at radius 1 is 1.03 bits per heavy atom. The monoisotopic (exact) mass is 422 g/mol. The van der Waals surface area contributed by atoms with Crippen molar-refractivity contribution >= 4 is 32.9 Å². The summed E-state index contributed by atoms with van der Waals surface area (Å²) < 4.78 is 47.5. The minimum absolute atomic E-state index is 0.1000. The van der Waals surface area contributed by atoms with Crippen LogP contribution in [0.3, 0.4) is 0 Å². The minimum Gasteiger partial charge on any atom is -0.402 e. The summed E-state index contributed by atoms with van der Waals surface area (Å²) in [5, 5.41) is 1.27. The van der Waals surface area contributed by atoms with Gasteiger partial charge in [-0.1, -0.05) is 23.8 Å². The fourth-order valence-electron chi connectivity index (χ4n) is 4.17. The third-order valence-electron chi connectivity index (χ3n) is 5.64. The van der Waals surface area contributed by atoms with Crippen LogP contribution in [0.25, 0.3) is 32.9 Å². The molecule has 156 valence electrons. The Labute approximate surface area is 174 Å². The Balaban J connectivity index is 1.92. The molecule has 4 nitrogen and oxygen atoms in total. The molecule has 0 aliphatic rings. The lowest BCUT2D eigenvalue weighted by Gasteiger charge is -2.11. The van der Waals surface area contributed by atoms with Gasteiger partial charge in [-0.05, 0) is 55.3 Å². The maximum absolute atomic E-state index is 13.5. The number of aromatic nitrogens is 2. The van der Waals surface area contributed by atoms with Crippen molar-refractivity contribution in [3.63, 3.8) is 0 Å². The van der Waals surface area contributed by atoms with Crippen LogP contribution in [0, 0.1) is 13.8 Å². The van der Waals surface area contributed by atoms with Crippen LogP contribution in [0.2, 0.25) is 0 Å². The summed E-state index contributed by atoms with van der Waals surface area (Å²) >= 11 is 0. The number of benzene rings is 2. The molecule has 7 heteroatoms. The van der Waals surface area contributed by atoms with Gasteiger partial charge >= 0.3 is 11.8 Å². The fourth-order valence-corrected chi connectivity index (χ4v) is 4.17. The van der Waals surface area contributed by atoms with E-state index in [1.54, 1.807) is 16.7 Å². The van der Waals surface area contributed by atoms with Crippen LogP contribution in [0.5, 0.6) is 0 Å². The van der Waals surface area contributed by atoms with Gasteiger partial charge in [-0.25, -0.2) is 9.78 Å². The molecule has 2 aromatic carbocycles. The van der Waals surface area contributed by atoms with Gasteiger partial charge < -0.3 is 8.98 Å². The topological polar surface area (TPSA) is 48.0 Å². The molecule has 0 bridgehead atoms. The molecule has 0 spiro atoms. The fraction of sp³-hybridized carbons (Fsp3) is 0.167. The van der Waals surface area contributed by atoms with E-state index in [1.807, 2.05) is 32.0 Å². The highest BCUT2D eigenvalue weighted by atomic mass is 19.4. The molecule has 0 fully saturated rings. The predicted molar refractivity (Wildman–Crippen MR) is 113 cm³/mol. The van der Waals surface area contributed by atoms with E-state index in [-0.39, 0.29) is 11.2 Å². The molecule has 0 aliphatic carbocycles. The molecule has 5 rings (SSSR count). The van der Waals surface area contributed by atoms with Crippen LogP contribution in [-0.2, 0) is 12.7 Å². The lowest BCUT2D eigenvalue weighted by Crippen LogP contribution is -2.09. The zero-order chi connectivity index (χ0) is 21.9. The predicted octanol–water partition coefficient (Wildman–Crippen LogP) is 5.98. The molecule has 0 aliphatic heterocycles. The van der Waals surface area contributed by atoms with Gasteiger partial charge in [0.05, 0.1) is 5.56 Å². The molecule has 5 aromatic rings. The zero-order valence-corrected chi connectivity index (χ0v) is 16.7. The van der Waals surface area contributed by atoms with Crippen LogP contribution in [0.1, 0.15) is 22.3 Å². The molecule has 0 saturated carbocycles. The highest BCUT2D eigenvalue weighted by molar-refractivity contribution is 6.18. The normalized spacial score (nSPS) is 12.3. The van der Waals surface area contributed by atoms with E-state index < -0.39 is 17.4 Å². The first-order valence-electron chi connectivity index (χ1n) is 9.71. The van der Waals surface area contributed by atoms with Crippen molar-refractivity contribution in [1.29, 1.82) is 0 Å². The van der Waals surface area contributed by atoms with Crippen molar-refractivity contribution in [1.82, 2.24) is 9.55 Å². The zero-order valence-electron chi connectivity index (χ0n) is 16.7. The second kappa shape index (κ2) is 6.70. The van der Waals surface area contributed by atoms with Crippen LogP contribution < -0.4 is 5.63 Å². The van der Waals surface area contributed by atoms with Crippen molar-refractivity contribution in [2.24, 2.45) is 0 Å². The van der Waals surface area contributed by atoms with Gasteiger partial charge in [0, 0.05) is 34.4 Å². The third-order valence-corrected chi connectivity index (χ3v) is 5.64. The quantitative estimate of drug-likeness (QED) is 0.352. The van der Waals surface area contributed by atoms with Gasteiger partial charge in [-0.2, -0.15) is 13.2 Å². The van der Waals surface area contributed by atoms with Crippen LogP contribution in [0.4, 0.5) is 13.2 Å². The number of alkyl halides is 3. The number of pyridine rings is 1. The van der Waals surface area contributed by atoms with Gasteiger partial charge in [0.2, 0.25) is 5.71 Å². The second-order valence-electron chi connectivity index (χ2n) is 7.72. The summed E-state index contributed by atoms with van der Waals surface area (Å²) in [6.07, 6.45) is -3.02. The number of fused-ring (bicyclic) bond motifs is 5. The summed E-state index contributed by atoms with van der Waals surface area (Å²) in [5.74, 6) is 0. The maximum atomic E-state index is 13.5. The Morgan fingerprint density at radius 2 is 1.84 bits per heavy atom. The number of rotatable bonds is 2. The van der Waals surface area contributed by atoms with E-state index in [0.717, 1.165) is 28.8 Å². The molecule has 0 radical (unpaired) electrons. The van der Waals surface area contributed by atoms with E-state index in [4.69, 9.17) is 4.42 Å². The van der Waals surface area contributed by atoms with E-state index in [9.17, 15) is 18.0 Å². The Morgan fingerprint density at radius 3 is 2.58 bits per heavy atom. The lowest BCUT2D eigenvalue weighted by atomic mass is 10.1. The number of nitrogens with zero attached hydrogens (tertiary/aromatic N) is 2. The summed E-state index contributed by atoms with van der Waals surface area (Å²) in [5.41, 5.74) is 2.58. The van der Waals surface area contributed by atoms with E-state index >= 15 is 0 Å². The number of hydrogen-bond acceptors (Lipinski definition) is 3. The summed E-state index contributed by atoms with van der Waals surface area (Å²) in [6.45, 7) is 4.29. The minimum atomic E-state index is -4.50. The standard InChI is InChI=1S/C24H17F3N2O2/c1-13-5-6-15(14(2)10-13)12-29-19-8-7-16(24(25,26)27)11-18(19)20-17-4-3-9-28-22(17)31-23(30)21(20)29/h3-11H,12H2,1-2H3. The average molecular weight is 422 g/mol. The largest absolute Gasteiger partial charge is 0.416 e. The third kappa shape index (κ3) is 3.08. The summed E-state index contributed by atoms with van der Waals surface area (Å²) in [6, 6.07) is 12.9. The molecular formula is C24H17F3N2O2. The Hall–Kier alpha value is -3.61. The van der Waals surface area contributed by atoms with Crippen molar-refractivity contribution in [2.75, 3.05) is 0 Å². The highest BCUT2D eigenvalue weighted by Crippen LogP contribution is 2.37. The van der Waals surface area contributed by atoms with Gasteiger partial charge in [-0.15, -0.1) is 0 Å². The molecule has 3 heterocycles. The maximum Gasteiger partial charge on any atom is 0.416 e. The average Bonchev–Trinajstić information content (AvgIpc) is 3.04. The van der Waals surface area contributed by atoms with Crippen LogP contribution >= 0.6 is 0 Å². The Kier molecular flexibility index (Phi) is 4.18. The SMILES string of the molecule is Cc1ccc(Cn2c3ccc(C(F)(F)F)cc3c3c4cccnc4oc(=O)c32)c(C)c1. The second-order valence-corrected chi connectivity index (χ2v) is 7.72. The summed E-state index contributed by atoms with van der Waals surface area (Å²) in [4.78, 5) is 17.0. The van der Waals surface area contributed by atoms with Crippen molar-refractivity contribution in [3.8, 4) is 0 Å². The molecular weight excluding hydrogens is 405 g/mol. The molecule has 0 unspecified atom stereocenters.